The Morgan fingerprint density at radius 1 is 0.944 bits per heavy atom. The summed E-state index contributed by atoms with van der Waals surface area (Å²) in [5.74, 6) is 0.764. The summed E-state index contributed by atoms with van der Waals surface area (Å²) < 4.78 is 5.25. The highest BCUT2D eigenvalue weighted by molar-refractivity contribution is 9.10. The minimum Gasteiger partial charge on any atom is -0.469 e. The van der Waals surface area contributed by atoms with Gasteiger partial charge < -0.3 is 4.74 Å². The number of allylic oxidation sites excluding steroid dienone is 2. The maximum absolute atomic E-state index is 14.4. The number of hydrogen-bond acceptors (Lipinski definition) is 4. The molecule has 0 aromatic heterocycles. The van der Waals surface area contributed by atoms with Crippen LogP contribution >= 0.6 is 15.9 Å². The van der Waals surface area contributed by atoms with Gasteiger partial charge in [0.25, 0.3) is 0 Å². The second-order valence-corrected chi connectivity index (χ2v) is 16.1. The topological polar surface area (TPSA) is 60.4 Å². The van der Waals surface area contributed by atoms with Crippen molar-refractivity contribution in [1.82, 2.24) is 0 Å². The average Bonchev–Trinajstić information content (AvgIpc) is 2.79. The first-order valence-corrected chi connectivity index (χ1v) is 14.9. The van der Waals surface area contributed by atoms with Crippen LogP contribution < -0.4 is 0 Å². The number of rotatable bonds is 1. The second kappa shape index (κ2) is 7.79. The van der Waals surface area contributed by atoms with E-state index < -0.39 is 10.8 Å². The number of ketones is 2. The van der Waals surface area contributed by atoms with Gasteiger partial charge in [0.2, 0.25) is 0 Å². The van der Waals surface area contributed by atoms with Crippen LogP contribution in [0.4, 0.5) is 0 Å². The molecule has 9 atom stereocenters. The quantitative estimate of drug-likeness (QED) is 0.254. The molecule has 4 fully saturated rings. The zero-order chi connectivity index (χ0) is 26.7. The predicted octanol–water partition coefficient (Wildman–Crippen LogP) is 7.08. The molecule has 0 unspecified atom stereocenters. The molecule has 0 aromatic carbocycles. The minimum atomic E-state index is -0.501. The van der Waals surface area contributed by atoms with Crippen molar-refractivity contribution in [3.05, 3.63) is 11.6 Å². The Hall–Kier alpha value is -0.970. The molecule has 0 N–H and O–H groups in total. The zero-order valence-electron chi connectivity index (χ0n) is 23.6. The van der Waals surface area contributed by atoms with Gasteiger partial charge in [0, 0.05) is 11.3 Å². The van der Waals surface area contributed by atoms with E-state index in [4.69, 9.17) is 4.74 Å². The van der Waals surface area contributed by atoms with Crippen LogP contribution in [0.5, 0.6) is 0 Å². The van der Waals surface area contributed by atoms with Crippen LogP contribution in [-0.2, 0) is 19.1 Å². The number of carbonyl (C=O) groups is 3. The summed E-state index contributed by atoms with van der Waals surface area (Å²) in [4.78, 5) is 40.2. The van der Waals surface area contributed by atoms with Crippen molar-refractivity contribution in [2.75, 3.05) is 7.11 Å². The first-order valence-electron chi connectivity index (χ1n) is 14.0. The van der Waals surface area contributed by atoms with E-state index in [1.807, 2.05) is 6.08 Å². The number of ether oxygens (including phenoxy) is 1. The molecular weight excluding hydrogens is 516 g/mol. The van der Waals surface area contributed by atoms with Crippen LogP contribution in [0.1, 0.15) is 99.8 Å². The lowest BCUT2D eigenvalue weighted by Crippen LogP contribution is -2.67. The van der Waals surface area contributed by atoms with E-state index in [1.165, 1.54) is 12.7 Å². The summed E-state index contributed by atoms with van der Waals surface area (Å²) in [6.45, 7) is 15.8. The molecule has 0 saturated heterocycles. The molecule has 4 saturated carbocycles. The molecule has 36 heavy (non-hydrogen) atoms. The number of halogens is 1. The van der Waals surface area contributed by atoms with Gasteiger partial charge in [-0.1, -0.05) is 63.0 Å². The zero-order valence-corrected chi connectivity index (χ0v) is 25.1. The normalized spacial score (nSPS) is 51.8. The predicted molar refractivity (Wildman–Crippen MR) is 145 cm³/mol. The summed E-state index contributed by atoms with van der Waals surface area (Å²) in [6.07, 6.45) is 9.54. The van der Waals surface area contributed by atoms with Gasteiger partial charge >= 0.3 is 5.97 Å². The fraction of sp³-hybridized carbons (Fsp3) is 0.839. The van der Waals surface area contributed by atoms with E-state index >= 15 is 0 Å². The molecule has 0 bridgehead atoms. The van der Waals surface area contributed by atoms with Crippen LogP contribution in [0, 0.1) is 50.2 Å². The van der Waals surface area contributed by atoms with E-state index in [0.29, 0.717) is 0 Å². The molecule has 0 spiro atoms. The van der Waals surface area contributed by atoms with Crippen molar-refractivity contribution in [2.24, 2.45) is 50.2 Å². The van der Waals surface area contributed by atoms with Gasteiger partial charge in [-0.2, -0.15) is 0 Å². The monoisotopic (exact) mass is 560 g/mol. The van der Waals surface area contributed by atoms with Gasteiger partial charge in [0.05, 0.1) is 17.4 Å². The molecule has 5 aliphatic rings. The molecule has 200 valence electrons. The Morgan fingerprint density at radius 3 is 2.22 bits per heavy atom. The third kappa shape index (κ3) is 3.13. The summed E-state index contributed by atoms with van der Waals surface area (Å²) in [5, 5.41) is 0. The lowest BCUT2D eigenvalue weighted by molar-refractivity contribution is -0.187. The third-order valence-electron chi connectivity index (χ3n) is 12.9. The molecule has 0 amide bonds. The van der Waals surface area contributed by atoms with Crippen molar-refractivity contribution in [2.45, 2.75) is 105 Å². The van der Waals surface area contributed by atoms with Gasteiger partial charge in [-0.3, -0.25) is 14.4 Å². The van der Waals surface area contributed by atoms with Gasteiger partial charge in [0.15, 0.2) is 11.6 Å². The van der Waals surface area contributed by atoms with Gasteiger partial charge in [-0.25, -0.2) is 0 Å². The van der Waals surface area contributed by atoms with E-state index in [-0.39, 0.29) is 61.8 Å². The van der Waals surface area contributed by atoms with E-state index in [0.717, 1.165) is 51.4 Å². The SMILES string of the molecule is COC(=O)[C@@]1(C)CC[C@]2(C)CC[C@]3(C)C(=CC(=O)[C@H]4[C@@]5(C)C[C@H](Br)C(=O)C(C)(C)[C@H]5CC[C@]43C)[C@H]2C1. The number of fused-ring (bicyclic) bond motifs is 7. The molecular formula is C31H45BrO4. The molecule has 0 heterocycles. The van der Waals surface area contributed by atoms with E-state index in [9.17, 15) is 14.4 Å². The summed E-state index contributed by atoms with van der Waals surface area (Å²) >= 11 is 3.73. The van der Waals surface area contributed by atoms with Crippen LogP contribution in [0.3, 0.4) is 0 Å². The van der Waals surface area contributed by atoms with E-state index in [1.54, 1.807) is 0 Å². The van der Waals surface area contributed by atoms with Crippen molar-refractivity contribution < 1.29 is 19.1 Å². The Bertz CT molecular complexity index is 1060. The summed E-state index contributed by atoms with van der Waals surface area (Å²) in [7, 11) is 1.49. The largest absolute Gasteiger partial charge is 0.469 e. The molecule has 0 radical (unpaired) electrons. The highest BCUT2D eigenvalue weighted by atomic mass is 79.9. The van der Waals surface area contributed by atoms with E-state index in [2.05, 4.69) is 64.4 Å². The number of Topliss-reactive ketones (excluding diaryl/α,β-unsaturated/α-hetero) is 1. The maximum Gasteiger partial charge on any atom is 0.311 e. The lowest BCUT2D eigenvalue weighted by Gasteiger charge is -2.70. The highest BCUT2D eigenvalue weighted by Crippen LogP contribution is 2.75. The molecule has 5 aliphatic carbocycles. The Morgan fingerprint density at radius 2 is 1.58 bits per heavy atom. The summed E-state index contributed by atoms with van der Waals surface area (Å²) in [5.41, 5.74) is -0.00477. The van der Waals surface area contributed by atoms with Gasteiger partial charge in [-0.05, 0) is 97.9 Å². The summed E-state index contributed by atoms with van der Waals surface area (Å²) in [6, 6.07) is 0. The fourth-order valence-corrected chi connectivity index (χ4v) is 11.8. The first kappa shape index (κ1) is 26.6. The van der Waals surface area contributed by atoms with Crippen LogP contribution in [-0.4, -0.2) is 29.5 Å². The van der Waals surface area contributed by atoms with Crippen molar-refractivity contribution >= 4 is 33.5 Å². The van der Waals surface area contributed by atoms with Crippen molar-refractivity contribution in [3.63, 3.8) is 0 Å². The Labute approximate surface area is 225 Å². The van der Waals surface area contributed by atoms with Crippen molar-refractivity contribution in [3.8, 4) is 0 Å². The number of hydrogen-bond donors (Lipinski definition) is 0. The second-order valence-electron chi connectivity index (χ2n) is 15.0. The molecule has 5 heteroatoms. The van der Waals surface area contributed by atoms with Crippen molar-refractivity contribution in [1.29, 1.82) is 0 Å². The third-order valence-corrected chi connectivity index (χ3v) is 13.7. The fourth-order valence-electron chi connectivity index (χ4n) is 10.5. The number of alkyl halides is 1. The average molecular weight is 562 g/mol. The Kier molecular flexibility index (Phi) is 5.76. The highest BCUT2D eigenvalue weighted by Gasteiger charge is 2.71. The standard InChI is InChI=1S/C31H45BrO4/c1-26(2)22-9-10-31(7)23(29(22,5)17-20(32)24(26)34)21(33)15-18-19-16-28(4,25(35)36-8)12-11-27(19,3)13-14-30(18,31)6/h15,19-20,22-23H,9-14,16-17H2,1-8H3/t19-,20+,22-,23+,27-,28+,29+,30-,31-/m1/s1. The minimum absolute atomic E-state index is 0.0918. The first-order chi connectivity index (χ1) is 16.5. The molecule has 0 aromatic rings. The van der Waals surface area contributed by atoms with Crippen LogP contribution in [0.25, 0.3) is 0 Å². The molecule has 0 aliphatic heterocycles. The van der Waals surface area contributed by atoms with Crippen LogP contribution in [0.15, 0.2) is 11.6 Å². The number of esters is 1. The van der Waals surface area contributed by atoms with Crippen LogP contribution in [0.2, 0.25) is 0 Å². The molecule has 5 rings (SSSR count). The van der Waals surface area contributed by atoms with Gasteiger partial charge in [-0.15, -0.1) is 0 Å². The maximum atomic E-state index is 14.4. The molecule has 4 nitrogen and oxygen atoms in total. The number of methoxy groups -OCH3 is 1. The lowest BCUT2D eigenvalue weighted by atomic mass is 9.33. The van der Waals surface area contributed by atoms with Gasteiger partial charge in [0.1, 0.15) is 0 Å². The smallest absolute Gasteiger partial charge is 0.311 e. The Balaban J connectivity index is 1.63. The number of carbonyl (C=O) groups excluding carboxylic acids is 3.